The summed E-state index contributed by atoms with van der Waals surface area (Å²) < 4.78 is 2.06. The van der Waals surface area contributed by atoms with Gasteiger partial charge in [0, 0.05) is 44.3 Å². The van der Waals surface area contributed by atoms with Crippen LogP contribution in [0.15, 0.2) is 42.9 Å². The van der Waals surface area contributed by atoms with Gasteiger partial charge in [0.2, 0.25) is 0 Å². The zero-order valence-corrected chi connectivity index (χ0v) is 18.0. The van der Waals surface area contributed by atoms with Crippen LogP contribution in [-0.4, -0.2) is 44.3 Å². The first kappa shape index (κ1) is 20.5. The highest BCUT2D eigenvalue weighted by Crippen LogP contribution is 2.19. The molecular weight excluding hydrogens is 374 g/mol. The van der Waals surface area contributed by atoms with Gasteiger partial charge in [-0.2, -0.15) is 0 Å². The van der Waals surface area contributed by atoms with Crippen LogP contribution in [0.1, 0.15) is 59.9 Å². The van der Waals surface area contributed by atoms with Gasteiger partial charge in [0.15, 0.2) is 5.69 Å². The number of aryl methyl sites for hydroxylation is 1. The molecule has 1 amide bonds. The maximum atomic E-state index is 13.4. The molecule has 6 heteroatoms. The van der Waals surface area contributed by atoms with Crippen LogP contribution in [-0.2, 0) is 13.0 Å². The molecule has 6 nitrogen and oxygen atoms in total. The van der Waals surface area contributed by atoms with Crippen molar-refractivity contribution < 1.29 is 4.79 Å². The Morgan fingerprint density at radius 1 is 1.20 bits per heavy atom. The number of amides is 1. The second kappa shape index (κ2) is 9.39. The largest absolute Gasteiger partial charge is 0.337 e. The average molecular weight is 406 g/mol. The predicted octanol–water partition coefficient (Wildman–Crippen LogP) is 3.77. The summed E-state index contributed by atoms with van der Waals surface area (Å²) >= 11 is 0. The molecule has 1 aliphatic heterocycles. The summed E-state index contributed by atoms with van der Waals surface area (Å²) in [6, 6.07) is 8.43. The average Bonchev–Trinajstić information content (AvgIpc) is 2.90. The maximum Gasteiger partial charge on any atom is 0.274 e. The molecule has 0 aromatic carbocycles. The number of rotatable bonds is 6. The van der Waals surface area contributed by atoms with Gasteiger partial charge in [-0.15, -0.1) is 0 Å². The Balaban J connectivity index is 1.57. The second-order valence-corrected chi connectivity index (χ2v) is 8.39. The van der Waals surface area contributed by atoms with Gasteiger partial charge in [-0.3, -0.25) is 9.78 Å². The highest BCUT2D eigenvalue weighted by Gasteiger charge is 2.24. The molecule has 30 heavy (non-hydrogen) atoms. The standard InChI is InChI=1S/C24H31N5O/c1-18-9-13-29-21(17-26-19(2)15-20-8-7-10-25-16-20)23(27-22(29)14-18)24(30)28-11-5-3-4-6-12-28/h7-10,13-14,16,19,26H,3-6,11-12,15,17H2,1-2H3. The van der Waals surface area contributed by atoms with Crippen LogP contribution in [0.4, 0.5) is 0 Å². The van der Waals surface area contributed by atoms with Crippen molar-refractivity contribution in [3.05, 3.63) is 65.4 Å². The van der Waals surface area contributed by atoms with Gasteiger partial charge in [-0.25, -0.2) is 4.98 Å². The van der Waals surface area contributed by atoms with Crippen molar-refractivity contribution in [2.75, 3.05) is 13.1 Å². The third-order valence-electron chi connectivity index (χ3n) is 5.86. The fraction of sp³-hybridized carbons (Fsp3) is 0.458. The predicted molar refractivity (Wildman–Crippen MR) is 119 cm³/mol. The molecule has 1 saturated heterocycles. The molecule has 1 fully saturated rings. The molecule has 0 spiro atoms. The van der Waals surface area contributed by atoms with E-state index < -0.39 is 0 Å². The van der Waals surface area contributed by atoms with Crippen LogP contribution in [0.2, 0.25) is 0 Å². The molecule has 1 aliphatic rings. The first-order valence-corrected chi connectivity index (χ1v) is 11.0. The van der Waals surface area contributed by atoms with Gasteiger partial charge in [0.05, 0.1) is 5.69 Å². The molecule has 0 radical (unpaired) electrons. The van der Waals surface area contributed by atoms with Gasteiger partial charge in [0.25, 0.3) is 5.91 Å². The van der Waals surface area contributed by atoms with Gasteiger partial charge in [-0.05, 0) is 62.4 Å². The normalized spacial score (nSPS) is 15.9. The summed E-state index contributed by atoms with van der Waals surface area (Å²) in [6.07, 6.45) is 11.2. The zero-order chi connectivity index (χ0) is 20.9. The van der Waals surface area contributed by atoms with Gasteiger partial charge in [0.1, 0.15) is 5.65 Å². The van der Waals surface area contributed by atoms with E-state index in [1.165, 1.54) is 18.4 Å². The number of likely N-dealkylation sites (tertiary alicyclic amines) is 1. The van der Waals surface area contributed by atoms with E-state index in [0.717, 1.165) is 49.3 Å². The summed E-state index contributed by atoms with van der Waals surface area (Å²) in [5.41, 5.74) is 4.71. The first-order chi connectivity index (χ1) is 14.6. The maximum absolute atomic E-state index is 13.4. The van der Waals surface area contributed by atoms with Crippen molar-refractivity contribution in [1.29, 1.82) is 0 Å². The van der Waals surface area contributed by atoms with E-state index in [2.05, 4.69) is 40.7 Å². The number of nitrogens with one attached hydrogen (secondary N) is 1. The van der Waals surface area contributed by atoms with Crippen molar-refractivity contribution in [1.82, 2.24) is 24.6 Å². The number of pyridine rings is 2. The van der Waals surface area contributed by atoms with Crippen LogP contribution in [0.3, 0.4) is 0 Å². The number of hydrogen-bond donors (Lipinski definition) is 1. The minimum absolute atomic E-state index is 0.0648. The minimum Gasteiger partial charge on any atom is -0.337 e. The Labute approximate surface area is 178 Å². The number of nitrogens with zero attached hydrogens (tertiary/aromatic N) is 4. The molecule has 158 valence electrons. The Kier molecular flexibility index (Phi) is 6.43. The number of carbonyl (C=O) groups excluding carboxylic acids is 1. The summed E-state index contributed by atoms with van der Waals surface area (Å²) in [5.74, 6) is 0.0648. The van der Waals surface area contributed by atoms with E-state index in [1.807, 2.05) is 29.4 Å². The van der Waals surface area contributed by atoms with Crippen molar-refractivity contribution in [2.24, 2.45) is 0 Å². The lowest BCUT2D eigenvalue weighted by atomic mass is 10.1. The van der Waals surface area contributed by atoms with E-state index in [4.69, 9.17) is 4.98 Å². The Hall–Kier alpha value is -2.73. The smallest absolute Gasteiger partial charge is 0.274 e. The molecule has 3 aromatic rings. The number of aromatic nitrogens is 3. The van der Waals surface area contributed by atoms with E-state index in [0.29, 0.717) is 12.2 Å². The first-order valence-electron chi connectivity index (χ1n) is 11.0. The molecule has 0 saturated carbocycles. The van der Waals surface area contributed by atoms with Crippen molar-refractivity contribution >= 4 is 11.6 Å². The highest BCUT2D eigenvalue weighted by molar-refractivity contribution is 5.94. The monoisotopic (exact) mass is 405 g/mol. The number of fused-ring (bicyclic) bond motifs is 1. The lowest BCUT2D eigenvalue weighted by Gasteiger charge is -2.20. The summed E-state index contributed by atoms with van der Waals surface area (Å²) in [6.45, 7) is 6.47. The fourth-order valence-electron chi connectivity index (χ4n) is 4.18. The van der Waals surface area contributed by atoms with Gasteiger partial charge < -0.3 is 14.6 Å². The second-order valence-electron chi connectivity index (χ2n) is 8.39. The molecular formula is C24H31N5O. The molecule has 4 heterocycles. The van der Waals surface area contributed by atoms with E-state index in [9.17, 15) is 4.79 Å². The minimum atomic E-state index is 0.0648. The number of imidazole rings is 1. The van der Waals surface area contributed by atoms with Gasteiger partial charge in [-0.1, -0.05) is 18.9 Å². The summed E-state index contributed by atoms with van der Waals surface area (Å²) in [4.78, 5) is 24.3. The van der Waals surface area contributed by atoms with E-state index in [1.54, 1.807) is 6.20 Å². The van der Waals surface area contributed by atoms with Crippen molar-refractivity contribution in [2.45, 2.75) is 58.5 Å². The molecule has 0 bridgehead atoms. The lowest BCUT2D eigenvalue weighted by Crippen LogP contribution is -2.34. The summed E-state index contributed by atoms with van der Waals surface area (Å²) in [7, 11) is 0. The molecule has 1 atom stereocenters. The number of carbonyl (C=O) groups is 1. The zero-order valence-electron chi connectivity index (χ0n) is 18.0. The third-order valence-corrected chi connectivity index (χ3v) is 5.86. The van der Waals surface area contributed by atoms with E-state index in [-0.39, 0.29) is 11.9 Å². The van der Waals surface area contributed by atoms with Crippen LogP contribution < -0.4 is 5.32 Å². The third kappa shape index (κ3) is 4.70. The molecule has 1 unspecified atom stereocenters. The van der Waals surface area contributed by atoms with Crippen molar-refractivity contribution in [3.63, 3.8) is 0 Å². The van der Waals surface area contributed by atoms with Crippen LogP contribution >= 0.6 is 0 Å². The quantitative estimate of drug-likeness (QED) is 0.678. The van der Waals surface area contributed by atoms with Crippen LogP contribution in [0, 0.1) is 6.92 Å². The van der Waals surface area contributed by atoms with E-state index >= 15 is 0 Å². The number of hydrogen-bond acceptors (Lipinski definition) is 4. The Morgan fingerprint density at radius 3 is 2.73 bits per heavy atom. The summed E-state index contributed by atoms with van der Waals surface area (Å²) in [5, 5.41) is 3.59. The highest BCUT2D eigenvalue weighted by atomic mass is 16.2. The molecule has 3 aromatic heterocycles. The lowest BCUT2D eigenvalue weighted by molar-refractivity contribution is 0.0755. The van der Waals surface area contributed by atoms with Crippen LogP contribution in [0.25, 0.3) is 5.65 Å². The molecule has 0 aliphatic carbocycles. The topological polar surface area (TPSA) is 62.5 Å². The molecule has 1 N–H and O–H groups in total. The Bertz CT molecular complexity index is 990. The molecule has 4 rings (SSSR count). The Morgan fingerprint density at radius 2 is 2.00 bits per heavy atom. The fourth-order valence-corrected chi connectivity index (χ4v) is 4.18. The van der Waals surface area contributed by atoms with Crippen molar-refractivity contribution in [3.8, 4) is 0 Å². The van der Waals surface area contributed by atoms with Crippen LogP contribution in [0.5, 0.6) is 0 Å². The SMILES string of the molecule is Cc1ccn2c(CNC(C)Cc3cccnc3)c(C(=O)N3CCCCCC3)nc2c1. The van der Waals surface area contributed by atoms with Gasteiger partial charge >= 0.3 is 0 Å².